The smallest absolute Gasteiger partial charge is 0.248 e. The maximum atomic E-state index is 12.4. The van der Waals surface area contributed by atoms with E-state index in [2.05, 4.69) is 21.4 Å². The zero-order valence-electron chi connectivity index (χ0n) is 21.3. The fourth-order valence-electron chi connectivity index (χ4n) is 4.48. The van der Waals surface area contributed by atoms with E-state index >= 15 is 0 Å². The molecule has 4 rings (SSSR count). The molecule has 0 spiro atoms. The quantitative estimate of drug-likeness (QED) is 0.416. The summed E-state index contributed by atoms with van der Waals surface area (Å²) in [6, 6.07) is 0.809. The van der Waals surface area contributed by atoms with Gasteiger partial charge in [-0.3, -0.25) is 9.69 Å². The summed E-state index contributed by atoms with van der Waals surface area (Å²) in [5, 5.41) is 0. The Hall–Kier alpha value is -2.22. The third kappa shape index (κ3) is 8.44. The van der Waals surface area contributed by atoms with Crippen LogP contribution >= 0.6 is 11.6 Å². The minimum absolute atomic E-state index is 0.0149. The first-order valence-corrected chi connectivity index (χ1v) is 13.2. The number of hydrogen-bond donors (Lipinski definition) is 0. The van der Waals surface area contributed by atoms with E-state index in [4.69, 9.17) is 21.3 Å². The van der Waals surface area contributed by atoms with E-state index in [9.17, 15) is 4.79 Å². The molecule has 7 nitrogen and oxygen atoms in total. The monoisotopic (exact) mass is 501 g/mol. The van der Waals surface area contributed by atoms with Gasteiger partial charge in [0.05, 0.1) is 12.3 Å². The fraction of sp³-hybridized carbons (Fsp3) is 0.593. The summed E-state index contributed by atoms with van der Waals surface area (Å²) in [7, 11) is 0. The normalized spacial score (nSPS) is 18.7. The number of amides is 1. The molecule has 1 saturated carbocycles. The van der Waals surface area contributed by atoms with E-state index in [1.807, 2.05) is 31.0 Å². The van der Waals surface area contributed by atoms with Gasteiger partial charge in [0.1, 0.15) is 6.61 Å². The van der Waals surface area contributed by atoms with Crippen LogP contribution in [0.25, 0.3) is 0 Å². The Labute approximate surface area is 215 Å². The number of piperazine rings is 1. The first-order valence-electron chi connectivity index (χ1n) is 12.7. The van der Waals surface area contributed by atoms with Gasteiger partial charge in [-0.15, -0.1) is 0 Å². The van der Waals surface area contributed by atoms with E-state index in [-0.39, 0.29) is 12.5 Å². The van der Waals surface area contributed by atoms with Crippen molar-refractivity contribution in [3.63, 3.8) is 0 Å². The molecule has 1 aromatic heterocycles. The predicted octanol–water partition coefficient (Wildman–Crippen LogP) is 3.99. The van der Waals surface area contributed by atoms with Gasteiger partial charge in [-0.2, -0.15) is 0 Å². The van der Waals surface area contributed by atoms with Crippen LogP contribution in [0.5, 0.6) is 0 Å². The Morgan fingerprint density at radius 2 is 1.91 bits per heavy atom. The molecule has 8 heteroatoms. The molecule has 1 aliphatic carbocycles. The lowest BCUT2D eigenvalue weighted by molar-refractivity contribution is -0.135. The molecule has 0 bridgehead atoms. The van der Waals surface area contributed by atoms with Crippen molar-refractivity contribution in [2.45, 2.75) is 52.0 Å². The third-order valence-electron chi connectivity index (χ3n) is 6.73. The lowest BCUT2D eigenvalue weighted by atomic mass is 9.91. The second kappa shape index (κ2) is 14.4. The number of carbonyl (C=O) groups is 1. The van der Waals surface area contributed by atoms with Crippen LogP contribution in [-0.4, -0.2) is 84.2 Å². The Kier molecular flexibility index (Phi) is 11.2. The van der Waals surface area contributed by atoms with Gasteiger partial charge in [0.25, 0.3) is 0 Å². The Morgan fingerprint density at radius 3 is 2.51 bits per heavy atom. The highest BCUT2D eigenvalue weighted by Gasteiger charge is 2.29. The van der Waals surface area contributed by atoms with Gasteiger partial charge in [0.2, 0.25) is 11.9 Å². The standard InChI is InChI=1S/C21H30ClN5O2.C6H10/c22-7-2-14-29-16-20(28)26-8-5-17-15-23-21(24-19(17)6-9-26)27-12-10-25(11-13-27)18-3-1-4-18;1-4-5-6(2)3/h2,7,15,18H,1,3-6,8-14,16H2;4-5H,1H2,2-3H3/b7-2+;. The number of aromatic nitrogens is 2. The zero-order chi connectivity index (χ0) is 25.0. The van der Waals surface area contributed by atoms with Crippen molar-refractivity contribution in [2.75, 3.05) is 57.4 Å². The SMILES string of the molecule is C=CC=C(C)C.O=C(COC/C=C/Cl)N1CCc2cnc(N3CCN(C4CCC4)CC3)nc2CC1. The maximum absolute atomic E-state index is 12.4. The summed E-state index contributed by atoms with van der Waals surface area (Å²) in [6.07, 6.45) is 13.1. The molecule has 0 aromatic carbocycles. The van der Waals surface area contributed by atoms with Gasteiger partial charge in [-0.25, -0.2) is 9.97 Å². The number of allylic oxidation sites excluding steroid dienone is 3. The number of ether oxygens (including phenoxy) is 1. The lowest BCUT2D eigenvalue weighted by Crippen LogP contribution is -2.52. The van der Waals surface area contributed by atoms with E-state index in [0.29, 0.717) is 19.7 Å². The number of halogens is 1. The van der Waals surface area contributed by atoms with E-state index in [0.717, 1.165) is 62.3 Å². The van der Waals surface area contributed by atoms with Crippen molar-refractivity contribution >= 4 is 23.5 Å². The van der Waals surface area contributed by atoms with Gasteiger partial charge >= 0.3 is 0 Å². The fourth-order valence-corrected chi connectivity index (χ4v) is 4.56. The highest BCUT2D eigenvalue weighted by Crippen LogP contribution is 2.26. The molecule has 192 valence electrons. The maximum Gasteiger partial charge on any atom is 0.248 e. The van der Waals surface area contributed by atoms with Gasteiger partial charge < -0.3 is 14.5 Å². The van der Waals surface area contributed by atoms with Crippen molar-refractivity contribution in [1.82, 2.24) is 19.8 Å². The summed E-state index contributed by atoms with van der Waals surface area (Å²) in [6.45, 7) is 13.6. The predicted molar refractivity (Wildman–Crippen MR) is 143 cm³/mol. The summed E-state index contributed by atoms with van der Waals surface area (Å²) in [4.78, 5) is 28.7. The molecule has 1 aromatic rings. The van der Waals surface area contributed by atoms with Crippen molar-refractivity contribution in [3.05, 3.63) is 53.4 Å². The molecule has 0 N–H and O–H groups in total. The second-order valence-electron chi connectivity index (χ2n) is 9.49. The second-order valence-corrected chi connectivity index (χ2v) is 9.74. The van der Waals surface area contributed by atoms with Crippen LogP contribution in [-0.2, 0) is 22.4 Å². The van der Waals surface area contributed by atoms with Gasteiger partial charge in [-0.1, -0.05) is 42.3 Å². The van der Waals surface area contributed by atoms with Crippen LogP contribution < -0.4 is 4.90 Å². The van der Waals surface area contributed by atoms with Crippen LogP contribution in [0.3, 0.4) is 0 Å². The molecule has 2 aliphatic heterocycles. The first kappa shape index (κ1) is 27.4. The number of nitrogens with zero attached hydrogens (tertiary/aromatic N) is 5. The highest BCUT2D eigenvalue weighted by atomic mass is 35.5. The molecule has 35 heavy (non-hydrogen) atoms. The van der Waals surface area contributed by atoms with Crippen LogP contribution in [0.2, 0.25) is 0 Å². The number of carbonyl (C=O) groups excluding carboxylic acids is 1. The van der Waals surface area contributed by atoms with Crippen molar-refractivity contribution in [1.29, 1.82) is 0 Å². The van der Waals surface area contributed by atoms with Gasteiger partial charge in [0.15, 0.2) is 0 Å². The Bertz CT molecular complexity index is 888. The molecule has 0 unspecified atom stereocenters. The van der Waals surface area contributed by atoms with Crippen LogP contribution in [0, 0.1) is 0 Å². The largest absolute Gasteiger partial charge is 0.368 e. The molecular formula is C27H40ClN5O2. The summed E-state index contributed by atoms with van der Waals surface area (Å²) in [5.74, 6) is 0.856. The highest BCUT2D eigenvalue weighted by molar-refractivity contribution is 6.25. The van der Waals surface area contributed by atoms with Gasteiger partial charge in [-0.05, 0) is 44.7 Å². The van der Waals surface area contributed by atoms with Crippen molar-refractivity contribution in [3.8, 4) is 0 Å². The summed E-state index contributed by atoms with van der Waals surface area (Å²) >= 11 is 5.46. The molecule has 0 atom stereocenters. The number of anilines is 1. The summed E-state index contributed by atoms with van der Waals surface area (Å²) < 4.78 is 5.34. The molecule has 0 radical (unpaired) electrons. The molecule has 3 aliphatic rings. The topological polar surface area (TPSA) is 61.8 Å². The number of rotatable bonds is 7. The Morgan fingerprint density at radius 1 is 1.17 bits per heavy atom. The van der Waals surface area contributed by atoms with E-state index in [1.54, 1.807) is 12.2 Å². The third-order valence-corrected chi connectivity index (χ3v) is 6.91. The molecule has 3 heterocycles. The van der Waals surface area contributed by atoms with E-state index < -0.39 is 0 Å². The molecule has 1 saturated heterocycles. The van der Waals surface area contributed by atoms with Crippen LogP contribution in [0.4, 0.5) is 5.95 Å². The minimum Gasteiger partial charge on any atom is -0.368 e. The molecule has 1 amide bonds. The number of fused-ring (bicyclic) bond motifs is 1. The van der Waals surface area contributed by atoms with Crippen LogP contribution in [0.1, 0.15) is 44.4 Å². The average Bonchev–Trinajstić information content (AvgIpc) is 3.04. The van der Waals surface area contributed by atoms with Crippen LogP contribution in [0.15, 0.2) is 42.1 Å². The first-order chi connectivity index (χ1) is 17.0. The van der Waals surface area contributed by atoms with Gasteiger partial charge in [0, 0.05) is 63.5 Å². The molecular weight excluding hydrogens is 462 g/mol. The minimum atomic E-state index is 0.0149. The zero-order valence-corrected chi connectivity index (χ0v) is 22.1. The van der Waals surface area contributed by atoms with Crippen molar-refractivity contribution in [2.24, 2.45) is 0 Å². The lowest BCUT2D eigenvalue weighted by Gasteiger charge is -2.43. The van der Waals surface area contributed by atoms with E-state index in [1.165, 1.54) is 30.4 Å². The number of hydrogen-bond acceptors (Lipinski definition) is 6. The average molecular weight is 502 g/mol. The molecule has 2 fully saturated rings. The van der Waals surface area contributed by atoms with Crippen molar-refractivity contribution < 1.29 is 9.53 Å². The summed E-state index contributed by atoms with van der Waals surface area (Å²) in [5.41, 5.74) is 4.93. The Balaban J connectivity index is 0.000000509.